The van der Waals surface area contributed by atoms with Crippen molar-refractivity contribution < 1.29 is 29.0 Å². The molecule has 8 nitrogen and oxygen atoms in total. The van der Waals surface area contributed by atoms with Crippen molar-refractivity contribution in [2.75, 3.05) is 24.7 Å². The number of allylic oxidation sites excluding steroid dienone is 1. The van der Waals surface area contributed by atoms with Crippen LogP contribution in [0, 0.1) is 11.8 Å². The minimum Gasteiger partial charge on any atom is -0.465 e. The number of rotatable bonds is 3. The standard InChI is InChI=1S/C26H29ClN2O6/c1-16(15-30)29-21-23(32)28(18-10-5-4-9-17(18)27)13-8-12-26(21)19(22(29)31)20-24(33)34-14-7-3-6-11-25(20,2)35-26/h4-6,8-12,16,19-21,30H,3,7,13-15H2,1-2H3/b11-6-/t16-,19+,20+,21?,25-,26+/m1/s1. The van der Waals surface area contributed by atoms with Crippen molar-refractivity contribution in [3.05, 3.63) is 53.6 Å². The van der Waals surface area contributed by atoms with Crippen LogP contribution in [-0.4, -0.2) is 70.8 Å². The maximum atomic E-state index is 14.2. The summed E-state index contributed by atoms with van der Waals surface area (Å²) < 4.78 is 12.2. The van der Waals surface area contributed by atoms with Crippen molar-refractivity contribution in [3.8, 4) is 0 Å². The largest absolute Gasteiger partial charge is 0.465 e. The minimum atomic E-state index is -1.41. The van der Waals surface area contributed by atoms with Gasteiger partial charge in [0.1, 0.15) is 17.6 Å². The molecule has 2 saturated heterocycles. The molecule has 0 saturated carbocycles. The zero-order chi connectivity index (χ0) is 25.0. The number of esters is 1. The summed E-state index contributed by atoms with van der Waals surface area (Å²) in [7, 11) is 0. The summed E-state index contributed by atoms with van der Waals surface area (Å²) in [6.45, 7) is 3.56. The van der Waals surface area contributed by atoms with Gasteiger partial charge in [0, 0.05) is 6.54 Å². The van der Waals surface area contributed by atoms with E-state index < -0.39 is 47.0 Å². The predicted octanol–water partition coefficient (Wildman–Crippen LogP) is 2.49. The van der Waals surface area contributed by atoms with E-state index in [1.165, 1.54) is 9.80 Å². The molecule has 1 aromatic carbocycles. The number of likely N-dealkylation sites (tertiary alicyclic amines) is 1. The summed E-state index contributed by atoms with van der Waals surface area (Å²) in [6, 6.07) is 5.24. The number of cyclic esters (lactones) is 1. The Morgan fingerprint density at radius 3 is 2.66 bits per heavy atom. The van der Waals surface area contributed by atoms with Gasteiger partial charge in [-0.1, -0.05) is 48.0 Å². The fraction of sp³-hybridized carbons (Fsp3) is 0.500. The monoisotopic (exact) mass is 500 g/mol. The number of nitrogens with zero attached hydrogens (tertiary/aromatic N) is 2. The first kappa shape index (κ1) is 24.0. The minimum absolute atomic E-state index is 0.216. The molecular weight excluding hydrogens is 472 g/mol. The Morgan fingerprint density at radius 1 is 1.14 bits per heavy atom. The van der Waals surface area contributed by atoms with Gasteiger partial charge in [-0.3, -0.25) is 14.4 Å². The van der Waals surface area contributed by atoms with E-state index in [0.29, 0.717) is 23.6 Å². The molecule has 0 radical (unpaired) electrons. The molecule has 1 aromatic rings. The summed E-state index contributed by atoms with van der Waals surface area (Å²) in [5.41, 5.74) is -2.03. The van der Waals surface area contributed by atoms with Crippen LogP contribution in [0.1, 0.15) is 26.7 Å². The molecule has 1 unspecified atom stereocenters. The lowest BCUT2D eigenvalue weighted by Gasteiger charge is -2.39. The number of amides is 2. The molecule has 35 heavy (non-hydrogen) atoms. The number of carbonyl (C=O) groups excluding carboxylic acids is 3. The molecular formula is C26H29ClN2O6. The summed E-state index contributed by atoms with van der Waals surface area (Å²) in [6.07, 6.45) is 8.70. The van der Waals surface area contributed by atoms with E-state index in [0.717, 1.165) is 0 Å². The van der Waals surface area contributed by atoms with Gasteiger partial charge in [-0.05, 0) is 38.8 Å². The average Bonchev–Trinajstić information content (AvgIpc) is 3.19. The third kappa shape index (κ3) is 3.53. The molecule has 4 heterocycles. The van der Waals surface area contributed by atoms with Crippen molar-refractivity contribution in [2.24, 2.45) is 11.8 Å². The Hall–Kier alpha value is -2.68. The zero-order valence-corrected chi connectivity index (χ0v) is 20.5. The van der Waals surface area contributed by atoms with Gasteiger partial charge in [0.05, 0.1) is 41.5 Å². The Labute approximate surface area is 209 Å². The molecule has 2 fully saturated rings. The average molecular weight is 501 g/mol. The molecule has 186 valence electrons. The molecule has 2 amide bonds. The van der Waals surface area contributed by atoms with Crippen LogP contribution < -0.4 is 4.90 Å². The number of fused-ring (bicyclic) bond motifs is 2. The smallest absolute Gasteiger partial charge is 0.313 e. The number of hydrogen-bond acceptors (Lipinski definition) is 6. The lowest BCUT2D eigenvalue weighted by molar-refractivity contribution is -0.159. The lowest BCUT2D eigenvalue weighted by atomic mass is 9.74. The number of anilines is 1. The Morgan fingerprint density at radius 2 is 1.91 bits per heavy atom. The molecule has 6 atom stereocenters. The summed E-state index contributed by atoms with van der Waals surface area (Å²) in [5.74, 6) is -3.22. The zero-order valence-electron chi connectivity index (χ0n) is 19.7. The lowest BCUT2D eigenvalue weighted by Crippen LogP contribution is -2.58. The highest BCUT2D eigenvalue weighted by Gasteiger charge is 2.75. The first-order valence-electron chi connectivity index (χ1n) is 12.0. The highest BCUT2D eigenvalue weighted by molar-refractivity contribution is 6.34. The van der Waals surface area contributed by atoms with Crippen LogP contribution in [0.4, 0.5) is 5.69 Å². The van der Waals surface area contributed by atoms with Crippen molar-refractivity contribution in [2.45, 2.75) is 50.0 Å². The van der Waals surface area contributed by atoms with E-state index in [4.69, 9.17) is 21.1 Å². The van der Waals surface area contributed by atoms with E-state index >= 15 is 0 Å². The van der Waals surface area contributed by atoms with E-state index in [9.17, 15) is 19.5 Å². The van der Waals surface area contributed by atoms with Crippen molar-refractivity contribution in [1.29, 1.82) is 0 Å². The van der Waals surface area contributed by atoms with Gasteiger partial charge in [-0.15, -0.1) is 0 Å². The van der Waals surface area contributed by atoms with Crippen molar-refractivity contribution in [3.63, 3.8) is 0 Å². The van der Waals surface area contributed by atoms with E-state index in [2.05, 4.69) is 0 Å². The van der Waals surface area contributed by atoms with Gasteiger partial charge in [-0.2, -0.15) is 0 Å². The van der Waals surface area contributed by atoms with Gasteiger partial charge in [0.25, 0.3) is 5.91 Å². The first-order chi connectivity index (χ1) is 16.7. The quantitative estimate of drug-likeness (QED) is 0.506. The first-order valence-corrected chi connectivity index (χ1v) is 12.3. The van der Waals surface area contributed by atoms with E-state index in [1.54, 1.807) is 50.3 Å². The molecule has 4 aliphatic rings. The van der Waals surface area contributed by atoms with Crippen LogP contribution in [0.2, 0.25) is 5.02 Å². The second-order valence-corrected chi connectivity index (χ2v) is 10.2. The van der Waals surface area contributed by atoms with Crippen molar-refractivity contribution in [1.82, 2.24) is 4.90 Å². The molecule has 0 aromatic heterocycles. The molecule has 4 aliphatic heterocycles. The number of para-hydroxylation sites is 1. The fourth-order valence-electron chi connectivity index (χ4n) is 6.02. The number of hydrogen-bond donors (Lipinski definition) is 1. The Kier molecular flexibility index (Phi) is 6.02. The molecule has 0 bridgehead atoms. The maximum Gasteiger partial charge on any atom is 0.313 e. The van der Waals surface area contributed by atoms with E-state index in [-0.39, 0.29) is 25.7 Å². The summed E-state index contributed by atoms with van der Waals surface area (Å²) >= 11 is 6.44. The predicted molar refractivity (Wildman–Crippen MR) is 129 cm³/mol. The molecule has 5 rings (SSSR count). The van der Waals surface area contributed by atoms with Crippen molar-refractivity contribution >= 4 is 35.1 Å². The third-order valence-corrected chi connectivity index (χ3v) is 7.89. The van der Waals surface area contributed by atoms with Crippen LogP contribution in [-0.2, 0) is 23.9 Å². The second-order valence-electron chi connectivity index (χ2n) is 9.79. The SMILES string of the molecule is C[C@H](CO)N1C(=O)[C@@H]2[C@H]3C(=O)OCCC/C=C\[C@@]3(C)O[C@@]23C=CCN(c2ccccc2Cl)C(=O)C13. The van der Waals surface area contributed by atoms with Gasteiger partial charge in [0.15, 0.2) is 0 Å². The molecule has 1 spiro atoms. The number of ether oxygens (including phenoxy) is 2. The summed E-state index contributed by atoms with van der Waals surface area (Å²) in [5, 5.41) is 10.4. The Balaban J connectivity index is 1.68. The maximum absolute atomic E-state index is 14.2. The van der Waals surface area contributed by atoms with Gasteiger partial charge >= 0.3 is 5.97 Å². The number of aliphatic hydroxyl groups is 1. The normalized spacial score (nSPS) is 36.3. The number of benzene rings is 1. The Bertz CT molecular complexity index is 1120. The molecule has 9 heteroatoms. The van der Waals surface area contributed by atoms with Crippen LogP contribution in [0.3, 0.4) is 0 Å². The van der Waals surface area contributed by atoms with Gasteiger partial charge in [0.2, 0.25) is 5.91 Å². The molecule has 1 N–H and O–H groups in total. The third-order valence-electron chi connectivity index (χ3n) is 7.57. The van der Waals surface area contributed by atoms with Crippen LogP contribution in [0.15, 0.2) is 48.6 Å². The number of carbonyl (C=O) groups is 3. The van der Waals surface area contributed by atoms with Crippen LogP contribution in [0.25, 0.3) is 0 Å². The fourth-order valence-corrected chi connectivity index (χ4v) is 6.26. The van der Waals surface area contributed by atoms with Gasteiger partial charge in [-0.25, -0.2) is 0 Å². The number of aliphatic hydroxyl groups excluding tert-OH is 1. The topological polar surface area (TPSA) is 96.4 Å². The van der Waals surface area contributed by atoms with E-state index in [1.807, 2.05) is 12.2 Å². The highest BCUT2D eigenvalue weighted by Crippen LogP contribution is 2.57. The summed E-state index contributed by atoms with van der Waals surface area (Å²) in [4.78, 5) is 44.5. The highest BCUT2D eigenvalue weighted by atomic mass is 35.5. The van der Waals surface area contributed by atoms with Crippen LogP contribution >= 0.6 is 11.6 Å². The van der Waals surface area contributed by atoms with Gasteiger partial charge < -0.3 is 24.4 Å². The molecule has 0 aliphatic carbocycles. The number of halogens is 1. The second kappa shape index (κ2) is 8.76. The van der Waals surface area contributed by atoms with Crippen LogP contribution in [0.5, 0.6) is 0 Å².